The van der Waals surface area contributed by atoms with E-state index in [1.165, 1.54) is 12.1 Å². The van der Waals surface area contributed by atoms with E-state index in [-0.39, 0.29) is 6.61 Å². The molecule has 2 unspecified atom stereocenters. The van der Waals surface area contributed by atoms with Crippen LogP contribution in [0.15, 0.2) is 53.5 Å². The number of para-hydroxylation sites is 2. The van der Waals surface area contributed by atoms with Crippen LogP contribution in [0.4, 0.5) is 10.1 Å². The summed E-state index contributed by atoms with van der Waals surface area (Å²) in [6.07, 6.45) is 0. The van der Waals surface area contributed by atoms with Crippen molar-refractivity contribution >= 4 is 23.5 Å². The summed E-state index contributed by atoms with van der Waals surface area (Å²) in [5.41, 5.74) is 1.59. The zero-order valence-electron chi connectivity index (χ0n) is 18.7. The van der Waals surface area contributed by atoms with E-state index in [2.05, 4.69) is 10.2 Å². The summed E-state index contributed by atoms with van der Waals surface area (Å²) in [6, 6.07) is 12.7. The van der Waals surface area contributed by atoms with Gasteiger partial charge in [-0.3, -0.25) is 14.9 Å². The number of hydrogen-bond acceptors (Lipinski definition) is 7. The number of amides is 1. The number of aliphatic imine (C=N–C) groups is 1. The quantitative estimate of drug-likeness (QED) is 0.552. The molecule has 2 aromatic rings. The Kier molecular flexibility index (Phi) is 6.76. The summed E-state index contributed by atoms with van der Waals surface area (Å²) in [5.74, 6) is -1.43. The lowest BCUT2D eigenvalue weighted by molar-refractivity contribution is -0.153. The Morgan fingerprint density at radius 3 is 2.42 bits per heavy atom. The minimum Gasteiger partial charge on any atom is -0.495 e. The van der Waals surface area contributed by atoms with Crippen molar-refractivity contribution in [2.45, 2.75) is 13.0 Å². The lowest BCUT2D eigenvalue weighted by Gasteiger charge is -2.40. The largest absolute Gasteiger partial charge is 0.495 e. The molecule has 0 saturated carbocycles. The molecule has 4 rings (SSSR count). The number of rotatable bonds is 5. The van der Waals surface area contributed by atoms with E-state index < -0.39 is 29.7 Å². The van der Waals surface area contributed by atoms with E-state index in [1.807, 2.05) is 29.2 Å². The number of hydrogen-bond donors (Lipinski definition) is 1. The summed E-state index contributed by atoms with van der Waals surface area (Å²) < 4.78 is 24.1. The first-order chi connectivity index (χ1) is 16.0. The van der Waals surface area contributed by atoms with Gasteiger partial charge in [0.25, 0.3) is 0 Å². The highest BCUT2D eigenvalue weighted by molar-refractivity contribution is 6.08. The number of methoxy groups -OCH3 is 1. The summed E-state index contributed by atoms with van der Waals surface area (Å²) in [4.78, 5) is 34.4. The molecular weight excluding hydrogens is 427 g/mol. The number of esters is 1. The van der Waals surface area contributed by atoms with Gasteiger partial charge in [-0.15, -0.1) is 0 Å². The highest BCUT2D eigenvalue weighted by atomic mass is 19.1. The molecule has 0 bridgehead atoms. The zero-order chi connectivity index (χ0) is 23.4. The number of halogens is 1. The molecule has 2 heterocycles. The Hall–Kier alpha value is -3.62. The molecule has 1 fully saturated rings. The van der Waals surface area contributed by atoms with E-state index >= 15 is 0 Å². The maximum atomic E-state index is 13.5. The molecule has 2 aliphatic heterocycles. The third-order valence-electron chi connectivity index (χ3n) is 5.85. The lowest BCUT2D eigenvalue weighted by atomic mass is 9.91. The number of carbonyl (C=O) groups excluding carboxylic acids is 2. The molecule has 0 spiro atoms. The molecule has 2 atom stereocenters. The number of anilines is 1. The van der Waals surface area contributed by atoms with Gasteiger partial charge in [0.1, 0.15) is 17.6 Å². The van der Waals surface area contributed by atoms with E-state index in [9.17, 15) is 14.0 Å². The van der Waals surface area contributed by atoms with Gasteiger partial charge in [0.05, 0.1) is 19.4 Å². The standard InChI is InChI=1S/C24H27FN4O4/c1-3-33-23(31)20-21(16-8-10-17(25)11-9-16)26-24(27-22(20)30)29-14-12-28(13-15-29)18-6-4-5-7-19(18)32-2/h4-11,20-21H,3,12-15H2,1-2H3,(H,26,27,30). The number of carbonyl (C=O) groups is 2. The minimum atomic E-state index is -1.13. The Balaban J connectivity index is 1.56. The van der Waals surface area contributed by atoms with Crippen molar-refractivity contribution in [3.63, 3.8) is 0 Å². The van der Waals surface area contributed by atoms with Crippen molar-refractivity contribution in [2.75, 3.05) is 44.8 Å². The molecule has 1 saturated heterocycles. The van der Waals surface area contributed by atoms with Crippen LogP contribution in [-0.4, -0.2) is 62.6 Å². The monoisotopic (exact) mass is 454 g/mol. The van der Waals surface area contributed by atoms with Crippen LogP contribution in [0.1, 0.15) is 18.5 Å². The van der Waals surface area contributed by atoms with Gasteiger partial charge in [-0.05, 0) is 36.8 Å². The van der Waals surface area contributed by atoms with Gasteiger partial charge in [-0.1, -0.05) is 24.3 Å². The SMILES string of the molecule is CCOC(=O)C1C(=O)NC(N2CCN(c3ccccc3OC)CC2)=NC1c1ccc(F)cc1. The molecule has 0 aliphatic carbocycles. The highest BCUT2D eigenvalue weighted by Gasteiger charge is 2.42. The molecule has 2 aliphatic rings. The third-order valence-corrected chi connectivity index (χ3v) is 5.85. The fraction of sp³-hybridized carbons (Fsp3) is 0.375. The van der Waals surface area contributed by atoms with Crippen LogP contribution < -0.4 is 15.0 Å². The zero-order valence-corrected chi connectivity index (χ0v) is 18.7. The second-order valence-corrected chi connectivity index (χ2v) is 7.81. The smallest absolute Gasteiger partial charge is 0.321 e. The van der Waals surface area contributed by atoms with E-state index in [0.29, 0.717) is 37.7 Å². The predicted molar refractivity (Wildman–Crippen MR) is 122 cm³/mol. The summed E-state index contributed by atoms with van der Waals surface area (Å²) in [5, 5.41) is 2.78. The van der Waals surface area contributed by atoms with Crippen LogP contribution in [0, 0.1) is 11.7 Å². The molecule has 2 aromatic carbocycles. The number of guanidine groups is 1. The van der Waals surface area contributed by atoms with Crippen molar-refractivity contribution in [2.24, 2.45) is 10.9 Å². The van der Waals surface area contributed by atoms with Crippen LogP contribution in [0.5, 0.6) is 5.75 Å². The normalized spacial score (nSPS) is 20.7. The Bertz CT molecular complexity index is 1040. The Labute approximate surface area is 192 Å². The molecule has 33 heavy (non-hydrogen) atoms. The molecule has 9 heteroatoms. The molecule has 0 radical (unpaired) electrons. The van der Waals surface area contributed by atoms with Gasteiger partial charge in [-0.25, -0.2) is 9.38 Å². The summed E-state index contributed by atoms with van der Waals surface area (Å²) in [7, 11) is 1.65. The molecule has 174 valence electrons. The van der Waals surface area contributed by atoms with Crippen molar-refractivity contribution in [3.8, 4) is 5.75 Å². The molecular formula is C24H27FN4O4. The maximum Gasteiger partial charge on any atom is 0.321 e. The first-order valence-corrected chi connectivity index (χ1v) is 11.0. The average Bonchev–Trinajstić information content (AvgIpc) is 2.84. The number of benzene rings is 2. The molecule has 1 N–H and O–H groups in total. The first-order valence-electron chi connectivity index (χ1n) is 11.0. The van der Waals surface area contributed by atoms with Crippen molar-refractivity contribution in [1.82, 2.24) is 10.2 Å². The third kappa shape index (κ3) is 4.76. The maximum absolute atomic E-state index is 13.5. The number of ether oxygens (including phenoxy) is 2. The fourth-order valence-electron chi connectivity index (χ4n) is 4.18. The minimum absolute atomic E-state index is 0.153. The van der Waals surface area contributed by atoms with Crippen LogP contribution in [-0.2, 0) is 14.3 Å². The van der Waals surface area contributed by atoms with Crippen molar-refractivity contribution < 1.29 is 23.5 Å². The van der Waals surface area contributed by atoms with Gasteiger partial charge < -0.3 is 19.3 Å². The van der Waals surface area contributed by atoms with Gasteiger partial charge in [0.15, 0.2) is 5.92 Å². The van der Waals surface area contributed by atoms with Crippen LogP contribution >= 0.6 is 0 Å². The van der Waals surface area contributed by atoms with Crippen molar-refractivity contribution in [1.29, 1.82) is 0 Å². The molecule has 1 amide bonds. The van der Waals surface area contributed by atoms with Crippen LogP contribution in [0.3, 0.4) is 0 Å². The Morgan fingerprint density at radius 2 is 1.76 bits per heavy atom. The molecule has 8 nitrogen and oxygen atoms in total. The van der Waals surface area contributed by atoms with Gasteiger partial charge in [-0.2, -0.15) is 0 Å². The van der Waals surface area contributed by atoms with Gasteiger partial charge in [0, 0.05) is 26.2 Å². The summed E-state index contributed by atoms with van der Waals surface area (Å²) in [6.45, 7) is 4.49. The van der Waals surface area contributed by atoms with E-state index in [0.717, 1.165) is 11.4 Å². The van der Waals surface area contributed by atoms with Gasteiger partial charge >= 0.3 is 5.97 Å². The number of piperazine rings is 1. The second-order valence-electron chi connectivity index (χ2n) is 7.81. The molecule has 0 aromatic heterocycles. The van der Waals surface area contributed by atoms with Crippen LogP contribution in [0.25, 0.3) is 0 Å². The lowest BCUT2D eigenvalue weighted by Crippen LogP contribution is -2.57. The van der Waals surface area contributed by atoms with Crippen LogP contribution in [0.2, 0.25) is 0 Å². The van der Waals surface area contributed by atoms with E-state index in [1.54, 1.807) is 26.2 Å². The van der Waals surface area contributed by atoms with Crippen molar-refractivity contribution in [3.05, 3.63) is 59.9 Å². The fourth-order valence-corrected chi connectivity index (χ4v) is 4.18. The number of nitrogens with one attached hydrogen (secondary N) is 1. The summed E-state index contributed by atoms with van der Waals surface area (Å²) >= 11 is 0. The topological polar surface area (TPSA) is 83.5 Å². The van der Waals surface area contributed by atoms with Gasteiger partial charge in [0.2, 0.25) is 11.9 Å². The first kappa shape index (κ1) is 22.6. The van der Waals surface area contributed by atoms with E-state index in [4.69, 9.17) is 14.5 Å². The average molecular weight is 455 g/mol. The second kappa shape index (κ2) is 9.89. The highest BCUT2D eigenvalue weighted by Crippen LogP contribution is 2.32. The Morgan fingerprint density at radius 1 is 1.09 bits per heavy atom. The predicted octanol–water partition coefficient (Wildman–Crippen LogP) is 2.36. The number of nitrogens with zero attached hydrogens (tertiary/aromatic N) is 3.